The summed E-state index contributed by atoms with van der Waals surface area (Å²) in [6.07, 6.45) is 7.38. The lowest BCUT2D eigenvalue weighted by atomic mass is 10.0. The molecule has 0 heterocycles. The highest BCUT2D eigenvalue weighted by Crippen LogP contribution is 2.65. The van der Waals surface area contributed by atoms with E-state index in [0.29, 0.717) is 4.32 Å². The Morgan fingerprint density at radius 1 is 1.33 bits per heavy atom. The topological polar surface area (TPSA) is 23.8 Å². The molecule has 0 aliphatic heterocycles. The third-order valence-electron chi connectivity index (χ3n) is 3.51. The van der Waals surface area contributed by atoms with E-state index in [1.54, 1.807) is 0 Å². The van der Waals surface area contributed by atoms with Crippen molar-refractivity contribution < 1.29 is 0 Å². The molecule has 1 nitrogen and oxygen atoms in total. The van der Waals surface area contributed by atoms with Gasteiger partial charge in [0.1, 0.15) is 0 Å². The number of alkyl halides is 1. The van der Waals surface area contributed by atoms with Gasteiger partial charge in [0, 0.05) is 10.7 Å². The molecule has 0 radical (unpaired) electrons. The lowest BCUT2D eigenvalue weighted by Gasteiger charge is -2.04. The first kappa shape index (κ1) is 8.56. The molecule has 66 valence electrons. The van der Waals surface area contributed by atoms with Crippen LogP contribution >= 0.6 is 15.9 Å². The molecule has 0 amide bonds. The zero-order valence-corrected chi connectivity index (χ0v) is 8.81. The van der Waals surface area contributed by atoms with E-state index in [1.165, 1.54) is 25.7 Å². The van der Waals surface area contributed by atoms with E-state index in [1.807, 2.05) is 0 Å². The predicted octanol–water partition coefficient (Wildman–Crippen LogP) is 3.24. The second-order valence-electron chi connectivity index (χ2n) is 4.08. The molecule has 0 N–H and O–H groups in total. The van der Waals surface area contributed by atoms with E-state index in [2.05, 4.69) is 22.0 Å². The van der Waals surface area contributed by atoms with Crippen LogP contribution in [0.1, 0.15) is 38.5 Å². The van der Waals surface area contributed by atoms with Crippen molar-refractivity contribution in [2.45, 2.75) is 42.8 Å². The van der Waals surface area contributed by atoms with Crippen LogP contribution in [0.4, 0.5) is 0 Å². The van der Waals surface area contributed by atoms with Gasteiger partial charge in [0.05, 0.1) is 6.07 Å². The molecule has 0 saturated heterocycles. The molecule has 2 aliphatic rings. The molecule has 0 bridgehead atoms. The van der Waals surface area contributed by atoms with E-state index in [9.17, 15) is 0 Å². The summed E-state index contributed by atoms with van der Waals surface area (Å²) in [6.45, 7) is 0. The molecule has 2 aliphatic carbocycles. The maximum Gasteiger partial charge on any atom is 0.0622 e. The van der Waals surface area contributed by atoms with Crippen molar-refractivity contribution in [3.63, 3.8) is 0 Å². The van der Waals surface area contributed by atoms with Crippen LogP contribution in [-0.2, 0) is 0 Å². The van der Waals surface area contributed by atoms with E-state index in [4.69, 9.17) is 5.26 Å². The Kier molecular flexibility index (Phi) is 2.16. The standard InChI is InChI=1S/C10H14BrN/c11-10(6-3-7-12)8-4-1-2-5-9(8)10/h8-9H,1-6H2/t8-,9+,10?. The van der Waals surface area contributed by atoms with Crippen molar-refractivity contribution in [2.24, 2.45) is 11.8 Å². The van der Waals surface area contributed by atoms with E-state index < -0.39 is 0 Å². The van der Waals surface area contributed by atoms with Gasteiger partial charge in [-0.2, -0.15) is 5.26 Å². The molecular formula is C10H14BrN. The summed E-state index contributed by atoms with van der Waals surface area (Å²) in [5, 5.41) is 8.52. The lowest BCUT2D eigenvalue weighted by molar-refractivity contribution is 0.480. The fourth-order valence-electron chi connectivity index (χ4n) is 2.79. The highest BCUT2D eigenvalue weighted by Gasteiger charge is 2.61. The SMILES string of the molecule is N#CCCC1(Br)[C@@H]2CCCC[C@@H]21. The van der Waals surface area contributed by atoms with Crippen molar-refractivity contribution in [3.8, 4) is 6.07 Å². The Morgan fingerprint density at radius 2 is 1.92 bits per heavy atom. The summed E-state index contributed by atoms with van der Waals surface area (Å²) in [7, 11) is 0. The van der Waals surface area contributed by atoms with Crippen LogP contribution in [0.25, 0.3) is 0 Å². The van der Waals surface area contributed by atoms with Gasteiger partial charge in [0.25, 0.3) is 0 Å². The van der Waals surface area contributed by atoms with Crippen LogP contribution in [-0.4, -0.2) is 4.32 Å². The van der Waals surface area contributed by atoms with Gasteiger partial charge in [-0.15, -0.1) is 0 Å². The van der Waals surface area contributed by atoms with Gasteiger partial charge >= 0.3 is 0 Å². The summed E-state index contributed by atoms with van der Waals surface area (Å²) >= 11 is 3.83. The van der Waals surface area contributed by atoms with Crippen molar-refractivity contribution in [2.75, 3.05) is 0 Å². The average Bonchev–Trinajstić information content (AvgIpc) is 2.71. The molecule has 3 atom stereocenters. The minimum Gasteiger partial charge on any atom is -0.198 e. The molecule has 0 aromatic carbocycles. The maximum absolute atomic E-state index is 8.52. The first-order chi connectivity index (χ1) is 5.79. The number of hydrogen-bond acceptors (Lipinski definition) is 1. The highest BCUT2D eigenvalue weighted by molar-refractivity contribution is 9.10. The minimum absolute atomic E-state index is 0.388. The first-order valence-corrected chi connectivity index (χ1v) is 5.64. The first-order valence-electron chi connectivity index (χ1n) is 4.85. The molecule has 0 aromatic heterocycles. The summed E-state index contributed by atoms with van der Waals surface area (Å²) in [5.74, 6) is 1.80. The number of hydrogen-bond donors (Lipinski definition) is 0. The number of nitriles is 1. The fourth-order valence-corrected chi connectivity index (χ4v) is 3.96. The third kappa shape index (κ3) is 1.19. The van der Waals surface area contributed by atoms with E-state index in [-0.39, 0.29) is 0 Å². The molecule has 1 unspecified atom stereocenters. The van der Waals surface area contributed by atoms with Crippen LogP contribution < -0.4 is 0 Å². The Bertz CT molecular complexity index is 206. The summed E-state index contributed by atoms with van der Waals surface area (Å²) in [5.41, 5.74) is 0. The van der Waals surface area contributed by atoms with Crippen molar-refractivity contribution in [1.29, 1.82) is 5.26 Å². The van der Waals surface area contributed by atoms with Crippen LogP contribution in [0.15, 0.2) is 0 Å². The predicted molar refractivity (Wildman–Crippen MR) is 52.0 cm³/mol. The fraction of sp³-hybridized carbons (Fsp3) is 0.900. The van der Waals surface area contributed by atoms with Gasteiger partial charge in [-0.3, -0.25) is 0 Å². The molecule has 2 heteroatoms. The molecule has 2 fully saturated rings. The number of rotatable bonds is 2. The zero-order chi connectivity index (χ0) is 8.60. The number of halogens is 1. The summed E-state index contributed by atoms with van der Waals surface area (Å²) < 4.78 is 0.388. The molecular weight excluding hydrogens is 214 g/mol. The maximum atomic E-state index is 8.52. The minimum atomic E-state index is 0.388. The Hall–Kier alpha value is -0.0300. The Morgan fingerprint density at radius 3 is 2.42 bits per heavy atom. The van der Waals surface area contributed by atoms with Crippen molar-refractivity contribution >= 4 is 15.9 Å². The smallest absolute Gasteiger partial charge is 0.0622 e. The van der Waals surface area contributed by atoms with Crippen molar-refractivity contribution in [3.05, 3.63) is 0 Å². The third-order valence-corrected chi connectivity index (χ3v) is 5.08. The molecule has 0 aromatic rings. The number of fused-ring (bicyclic) bond motifs is 1. The largest absolute Gasteiger partial charge is 0.198 e. The average molecular weight is 228 g/mol. The summed E-state index contributed by atoms with van der Waals surface area (Å²) in [4.78, 5) is 0. The van der Waals surface area contributed by atoms with Crippen molar-refractivity contribution in [1.82, 2.24) is 0 Å². The number of nitrogens with zero attached hydrogens (tertiary/aromatic N) is 1. The molecule has 12 heavy (non-hydrogen) atoms. The monoisotopic (exact) mass is 227 g/mol. The normalized spacial score (nSPS) is 44.7. The van der Waals surface area contributed by atoms with Gasteiger partial charge in [0.2, 0.25) is 0 Å². The molecule has 2 rings (SSSR count). The van der Waals surface area contributed by atoms with Crippen LogP contribution in [0, 0.1) is 23.2 Å². The van der Waals surface area contributed by atoms with Crippen LogP contribution in [0.2, 0.25) is 0 Å². The van der Waals surface area contributed by atoms with Crippen LogP contribution in [0.3, 0.4) is 0 Å². The van der Waals surface area contributed by atoms with Gasteiger partial charge in [0.15, 0.2) is 0 Å². The van der Waals surface area contributed by atoms with Gasteiger partial charge in [-0.05, 0) is 31.1 Å². The second kappa shape index (κ2) is 3.03. The highest BCUT2D eigenvalue weighted by atomic mass is 79.9. The Labute approximate surface area is 82.3 Å². The zero-order valence-electron chi connectivity index (χ0n) is 7.22. The second-order valence-corrected chi connectivity index (χ2v) is 5.56. The quantitative estimate of drug-likeness (QED) is 0.665. The summed E-state index contributed by atoms with van der Waals surface area (Å²) in [6, 6.07) is 2.24. The van der Waals surface area contributed by atoms with E-state index >= 15 is 0 Å². The van der Waals surface area contributed by atoms with E-state index in [0.717, 1.165) is 24.7 Å². The Balaban J connectivity index is 1.92. The van der Waals surface area contributed by atoms with Gasteiger partial charge in [-0.1, -0.05) is 28.8 Å². The molecule has 0 spiro atoms. The van der Waals surface area contributed by atoms with Crippen LogP contribution in [0.5, 0.6) is 0 Å². The molecule has 2 saturated carbocycles. The van der Waals surface area contributed by atoms with Gasteiger partial charge in [-0.25, -0.2) is 0 Å². The van der Waals surface area contributed by atoms with Gasteiger partial charge < -0.3 is 0 Å². The lowest BCUT2D eigenvalue weighted by Crippen LogP contribution is -2.01.